The van der Waals surface area contributed by atoms with Crippen LogP contribution in [0.4, 0.5) is 4.39 Å². The number of hydrogen-bond acceptors (Lipinski definition) is 3. The Morgan fingerprint density at radius 2 is 2.22 bits per heavy atom. The summed E-state index contributed by atoms with van der Waals surface area (Å²) in [4.78, 5) is 13.9. The van der Waals surface area contributed by atoms with Crippen LogP contribution in [0.15, 0.2) is 18.2 Å². The molecule has 1 heterocycles. The number of carbonyl (C=O) groups is 1. The first kappa shape index (κ1) is 19.9. The van der Waals surface area contributed by atoms with E-state index in [-0.39, 0.29) is 30.2 Å². The number of nitrogens with zero attached hydrogens (tertiary/aromatic N) is 1. The summed E-state index contributed by atoms with van der Waals surface area (Å²) >= 11 is 0. The third-order valence-corrected chi connectivity index (χ3v) is 4.23. The molecule has 1 aromatic carbocycles. The molecule has 0 radical (unpaired) electrons. The molecule has 2 rings (SSSR count). The minimum atomic E-state index is -0.151. The molecule has 0 aromatic heterocycles. The Labute approximate surface area is 144 Å². The van der Waals surface area contributed by atoms with Gasteiger partial charge in [0.05, 0.1) is 0 Å². The third kappa shape index (κ3) is 6.09. The molecule has 3 N–H and O–H groups in total. The van der Waals surface area contributed by atoms with Gasteiger partial charge in [0.15, 0.2) is 0 Å². The monoisotopic (exact) mass is 343 g/mol. The van der Waals surface area contributed by atoms with Crippen molar-refractivity contribution in [3.63, 3.8) is 0 Å². The quantitative estimate of drug-likeness (QED) is 0.833. The lowest BCUT2D eigenvalue weighted by Gasteiger charge is -2.36. The Morgan fingerprint density at radius 3 is 2.96 bits per heavy atom. The predicted octanol–water partition coefficient (Wildman–Crippen LogP) is 2.38. The summed E-state index contributed by atoms with van der Waals surface area (Å²) in [5.41, 5.74) is 7.19. The molecule has 1 aliphatic rings. The zero-order valence-corrected chi connectivity index (χ0v) is 14.5. The number of carbonyl (C=O) groups excluding carboxylic acids is 1. The summed E-state index contributed by atoms with van der Waals surface area (Å²) < 4.78 is 14.0. The number of nitrogens with two attached hydrogens (primary N) is 1. The molecular formula is C17H27ClFN3O. The van der Waals surface area contributed by atoms with E-state index in [1.165, 1.54) is 6.07 Å². The van der Waals surface area contributed by atoms with Crippen LogP contribution in [-0.2, 0) is 11.3 Å². The molecule has 6 heteroatoms. The number of rotatable bonds is 6. The van der Waals surface area contributed by atoms with Crippen molar-refractivity contribution >= 4 is 18.3 Å². The lowest BCUT2D eigenvalue weighted by molar-refractivity contribution is -0.121. The van der Waals surface area contributed by atoms with Gasteiger partial charge in [0.25, 0.3) is 0 Å². The highest BCUT2D eigenvalue weighted by Crippen LogP contribution is 2.21. The number of piperidine rings is 1. The summed E-state index contributed by atoms with van der Waals surface area (Å²) in [6.07, 6.45) is 3.68. The maximum atomic E-state index is 14.0. The van der Waals surface area contributed by atoms with E-state index in [4.69, 9.17) is 5.73 Å². The number of halogens is 2. The lowest BCUT2D eigenvalue weighted by Crippen LogP contribution is -2.46. The summed E-state index contributed by atoms with van der Waals surface area (Å²) in [6.45, 7) is 4.51. The smallest absolute Gasteiger partial charge is 0.221 e. The number of hydrogen-bond donors (Lipinski definition) is 2. The first-order valence-electron chi connectivity index (χ1n) is 8.06. The first-order chi connectivity index (χ1) is 10.6. The van der Waals surface area contributed by atoms with Crippen LogP contribution >= 0.6 is 12.4 Å². The largest absolute Gasteiger partial charge is 0.354 e. The third-order valence-electron chi connectivity index (χ3n) is 4.23. The van der Waals surface area contributed by atoms with Gasteiger partial charge in [-0.1, -0.05) is 24.1 Å². The van der Waals surface area contributed by atoms with Crippen LogP contribution in [0.2, 0.25) is 0 Å². The van der Waals surface area contributed by atoms with Crippen molar-refractivity contribution in [1.82, 2.24) is 10.2 Å². The van der Waals surface area contributed by atoms with Crippen LogP contribution in [0.1, 0.15) is 36.8 Å². The van der Waals surface area contributed by atoms with E-state index in [9.17, 15) is 9.18 Å². The van der Waals surface area contributed by atoms with Crippen molar-refractivity contribution < 1.29 is 9.18 Å². The van der Waals surface area contributed by atoms with Crippen molar-refractivity contribution in [3.05, 3.63) is 35.1 Å². The normalized spacial score (nSPS) is 18.3. The Hall–Kier alpha value is -1.17. The molecule has 1 aliphatic heterocycles. The zero-order valence-electron chi connectivity index (χ0n) is 13.7. The van der Waals surface area contributed by atoms with Crippen molar-refractivity contribution in [3.8, 4) is 0 Å². The fourth-order valence-corrected chi connectivity index (χ4v) is 2.99. The minimum absolute atomic E-state index is 0. The van der Waals surface area contributed by atoms with Gasteiger partial charge in [0.1, 0.15) is 5.82 Å². The van der Waals surface area contributed by atoms with E-state index in [0.29, 0.717) is 26.1 Å². The summed E-state index contributed by atoms with van der Waals surface area (Å²) in [7, 11) is 0. The molecule has 1 aromatic rings. The average molecular weight is 344 g/mol. The van der Waals surface area contributed by atoms with Gasteiger partial charge in [0, 0.05) is 37.7 Å². The number of aryl methyl sites for hydroxylation is 1. The predicted molar refractivity (Wildman–Crippen MR) is 93.1 cm³/mol. The molecule has 0 spiro atoms. The van der Waals surface area contributed by atoms with Gasteiger partial charge in [-0.15, -0.1) is 12.4 Å². The fraction of sp³-hybridized carbons (Fsp3) is 0.588. The van der Waals surface area contributed by atoms with E-state index >= 15 is 0 Å². The molecule has 1 atom stereocenters. The first-order valence-corrected chi connectivity index (χ1v) is 8.06. The maximum absolute atomic E-state index is 14.0. The van der Waals surface area contributed by atoms with Crippen LogP contribution in [0.25, 0.3) is 0 Å². The molecule has 0 bridgehead atoms. The van der Waals surface area contributed by atoms with Crippen molar-refractivity contribution in [2.45, 2.75) is 45.2 Å². The lowest BCUT2D eigenvalue weighted by atomic mass is 10.0. The highest BCUT2D eigenvalue weighted by molar-refractivity contribution is 5.85. The molecule has 1 fully saturated rings. The van der Waals surface area contributed by atoms with E-state index in [0.717, 1.165) is 36.9 Å². The van der Waals surface area contributed by atoms with Crippen LogP contribution in [0, 0.1) is 12.7 Å². The van der Waals surface area contributed by atoms with Crippen LogP contribution in [0.5, 0.6) is 0 Å². The standard InChI is InChI=1S/C17H26FN3O.ClH/c1-13-5-6-16(18)14(10-13)12-21-9-3-2-4-15(21)11-20-17(22)7-8-19;/h5-6,10,15H,2-4,7-9,11-12,19H2,1H3,(H,20,22);1H. The van der Waals surface area contributed by atoms with Crippen molar-refractivity contribution in [1.29, 1.82) is 0 Å². The Balaban J connectivity index is 0.00000264. The van der Waals surface area contributed by atoms with Gasteiger partial charge < -0.3 is 11.1 Å². The molecular weight excluding hydrogens is 317 g/mol. The van der Waals surface area contributed by atoms with Gasteiger partial charge in [-0.25, -0.2) is 4.39 Å². The number of amides is 1. The van der Waals surface area contributed by atoms with Crippen LogP contribution in [0.3, 0.4) is 0 Å². The van der Waals surface area contributed by atoms with E-state index in [1.54, 1.807) is 6.07 Å². The van der Waals surface area contributed by atoms with E-state index < -0.39 is 0 Å². The zero-order chi connectivity index (χ0) is 15.9. The Morgan fingerprint density at radius 1 is 1.43 bits per heavy atom. The second-order valence-corrected chi connectivity index (χ2v) is 6.06. The molecule has 23 heavy (non-hydrogen) atoms. The summed E-state index contributed by atoms with van der Waals surface area (Å²) in [6, 6.07) is 5.51. The second-order valence-electron chi connectivity index (χ2n) is 6.06. The van der Waals surface area contributed by atoms with Gasteiger partial charge in [0.2, 0.25) is 5.91 Å². The van der Waals surface area contributed by atoms with Gasteiger partial charge in [-0.05, 0) is 32.4 Å². The Kier molecular flexibility index (Phi) is 8.52. The molecule has 1 amide bonds. The topological polar surface area (TPSA) is 58.4 Å². The number of benzene rings is 1. The van der Waals surface area contributed by atoms with Crippen LogP contribution < -0.4 is 11.1 Å². The highest BCUT2D eigenvalue weighted by Gasteiger charge is 2.23. The molecule has 1 saturated heterocycles. The van der Waals surface area contributed by atoms with Crippen LogP contribution in [-0.4, -0.2) is 36.5 Å². The minimum Gasteiger partial charge on any atom is -0.354 e. The fourth-order valence-electron chi connectivity index (χ4n) is 2.99. The van der Waals surface area contributed by atoms with E-state index in [2.05, 4.69) is 10.2 Å². The SMILES string of the molecule is Cc1ccc(F)c(CN2CCCCC2CNC(=O)CCN)c1.Cl. The number of likely N-dealkylation sites (tertiary alicyclic amines) is 1. The van der Waals surface area contributed by atoms with Gasteiger partial charge in [-0.2, -0.15) is 0 Å². The average Bonchev–Trinajstić information content (AvgIpc) is 2.50. The summed E-state index contributed by atoms with van der Waals surface area (Å²) in [5, 5.41) is 2.94. The van der Waals surface area contributed by atoms with Crippen molar-refractivity contribution in [2.24, 2.45) is 5.73 Å². The van der Waals surface area contributed by atoms with Gasteiger partial charge >= 0.3 is 0 Å². The number of nitrogens with one attached hydrogen (secondary N) is 1. The highest BCUT2D eigenvalue weighted by atomic mass is 35.5. The molecule has 0 aliphatic carbocycles. The summed E-state index contributed by atoms with van der Waals surface area (Å²) in [5.74, 6) is -0.156. The van der Waals surface area contributed by atoms with Crippen molar-refractivity contribution in [2.75, 3.05) is 19.6 Å². The maximum Gasteiger partial charge on any atom is 0.221 e. The molecule has 0 saturated carbocycles. The van der Waals surface area contributed by atoms with Gasteiger partial charge in [-0.3, -0.25) is 9.69 Å². The molecule has 130 valence electrons. The van der Waals surface area contributed by atoms with E-state index in [1.807, 2.05) is 13.0 Å². The molecule has 4 nitrogen and oxygen atoms in total. The second kappa shape index (κ2) is 9.85. The Bertz CT molecular complexity index is 513. The molecule has 1 unspecified atom stereocenters.